The SMILES string of the molecule is O=C(Cc1nnc(NC(c2ccccc2)(c2ccccc2)c2ccccc2)s1)NC1C(=O)N2C(C(=O)O)=CCS[C@@H]12. The summed E-state index contributed by atoms with van der Waals surface area (Å²) in [7, 11) is 0. The Kier molecular flexibility index (Phi) is 7.29. The number of thioether (sulfide) groups is 1. The van der Waals surface area contributed by atoms with Gasteiger partial charge in [-0.15, -0.1) is 22.0 Å². The highest BCUT2D eigenvalue weighted by molar-refractivity contribution is 8.00. The number of fused-ring (bicyclic) bond motifs is 1. The Balaban J connectivity index is 1.24. The molecule has 1 aromatic heterocycles. The number of β-lactam (4-membered cyclic amide) rings is 1. The van der Waals surface area contributed by atoms with Crippen LogP contribution in [0.15, 0.2) is 103 Å². The highest BCUT2D eigenvalue weighted by Crippen LogP contribution is 2.41. The summed E-state index contributed by atoms with van der Waals surface area (Å²) in [6, 6.07) is 29.5. The molecule has 2 atom stereocenters. The van der Waals surface area contributed by atoms with E-state index >= 15 is 0 Å². The highest BCUT2D eigenvalue weighted by Gasteiger charge is 2.52. The number of carbonyl (C=O) groups is 3. The average molecular weight is 584 g/mol. The van der Waals surface area contributed by atoms with Crippen LogP contribution >= 0.6 is 23.1 Å². The predicted molar refractivity (Wildman–Crippen MR) is 157 cm³/mol. The van der Waals surface area contributed by atoms with Crippen molar-refractivity contribution in [2.45, 2.75) is 23.4 Å². The number of benzene rings is 3. The fraction of sp³-hybridized carbons (Fsp3) is 0.167. The van der Waals surface area contributed by atoms with Crippen LogP contribution in [-0.2, 0) is 26.3 Å². The maximum atomic E-state index is 12.9. The average Bonchev–Trinajstić information content (AvgIpc) is 3.45. The van der Waals surface area contributed by atoms with E-state index < -0.39 is 28.8 Å². The van der Waals surface area contributed by atoms with Crippen molar-refractivity contribution in [3.8, 4) is 0 Å². The van der Waals surface area contributed by atoms with Gasteiger partial charge >= 0.3 is 5.97 Å². The zero-order valence-electron chi connectivity index (χ0n) is 21.6. The Hall–Kier alpha value is -4.48. The summed E-state index contributed by atoms with van der Waals surface area (Å²) in [6.45, 7) is 0. The number of aromatic nitrogens is 2. The number of amides is 2. The number of hydrogen-bond acceptors (Lipinski definition) is 8. The summed E-state index contributed by atoms with van der Waals surface area (Å²) in [5, 5.41) is 25.0. The van der Waals surface area contributed by atoms with Crippen molar-refractivity contribution in [2.75, 3.05) is 11.1 Å². The molecule has 4 aromatic rings. The number of aliphatic carboxylic acids is 1. The molecule has 6 rings (SSSR count). The van der Waals surface area contributed by atoms with Crippen LogP contribution in [0.4, 0.5) is 5.13 Å². The Bertz CT molecular complexity index is 1510. The largest absolute Gasteiger partial charge is 0.477 e. The third kappa shape index (κ3) is 4.98. The fourth-order valence-corrected chi connectivity index (χ4v) is 7.21. The lowest BCUT2D eigenvalue weighted by molar-refractivity contribution is -0.150. The van der Waals surface area contributed by atoms with Crippen LogP contribution < -0.4 is 10.6 Å². The lowest BCUT2D eigenvalue weighted by Crippen LogP contribution is -2.70. The van der Waals surface area contributed by atoms with Crippen LogP contribution in [-0.4, -0.2) is 55.2 Å². The topological polar surface area (TPSA) is 125 Å². The maximum absolute atomic E-state index is 12.9. The number of carboxylic acids is 1. The minimum Gasteiger partial charge on any atom is -0.477 e. The first-order valence-corrected chi connectivity index (χ1v) is 14.8. The van der Waals surface area contributed by atoms with Crippen LogP contribution in [0.25, 0.3) is 0 Å². The molecule has 2 amide bonds. The van der Waals surface area contributed by atoms with E-state index in [2.05, 4.69) is 57.2 Å². The monoisotopic (exact) mass is 583 g/mol. The molecule has 3 N–H and O–H groups in total. The lowest BCUT2D eigenvalue weighted by atomic mass is 9.77. The van der Waals surface area contributed by atoms with Crippen LogP contribution in [0.2, 0.25) is 0 Å². The zero-order chi connectivity index (χ0) is 28.4. The zero-order valence-corrected chi connectivity index (χ0v) is 23.3. The molecule has 2 aliphatic heterocycles. The second kappa shape index (κ2) is 11.2. The first-order valence-electron chi connectivity index (χ1n) is 12.9. The molecular formula is C30H25N5O4S2. The van der Waals surface area contributed by atoms with Gasteiger partial charge in [-0.25, -0.2) is 4.79 Å². The summed E-state index contributed by atoms with van der Waals surface area (Å²) in [5.41, 5.74) is 2.22. The van der Waals surface area contributed by atoms with Gasteiger partial charge in [-0.2, -0.15) is 0 Å². The van der Waals surface area contributed by atoms with E-state index in [0.717, 1.165) is 16.7 Å². The van der Waals surface area contributed by atoms with Crippen molar-refractivity contribution < 1.29 is 19.5 Å². The standard InChI is InChI=1S/C30H25N5O4S2/c36-23(31-25-26(37)35-22(28(38)39)16-17-40-27(25)35)18-24-33-34-29(41-24)32-30(19-10-4-1-5-11-19,20-12-6-2-7-13-20)21-14-8-3-9-15-21/h1-16,25,27H,17-18H2,(H,31,36)(H,32,34)(H,38,39)/t25?,27-/m0/s1. The van der Waals surface area contributed by atoms with Gasteiger partial charge in [-0.1, -0.05) is 102 Å². The second-order valence-electron chi connectivity index (χ2n) is 9.52. The minimum absolute atomic E-state index is 0.0391. The van der Waals surface area contributed by atoms with Crippen molar-refractivity contribution in [1.29, 1.82) is 0 Å². The Labute approximate surface area is 244 Å². The summed E-state index contributed by atoms with van der Waals surface area (Å²) < 4.78 is 0. The van der Waals surface area contributed by atoms with Crippen molar-refractivity contribution >= 4 is 46.0 Å². The molecule has 1 fully saturated rings. The van der Waals surface area contributed by atoms with E-state index in [1.165, 1.54) is 34.1 Å². The summed E-state index contributed by atoms with van der Waals surface area (Å²) in [5.74, 6) is -1.50. The summed E-state index contributed by atoms with van der Waals surface area (Å²) >= 11 is 2.68. The van der Waals surface area contributed by atoms with Gasteiger partial charge in [0.2, 0.25) is 11.0 Å². The molecule has 3 aromatic carbocycles. The summed E-state index contributed by atoms with van der Waals surface area (Å²) in [6.07, 6.45) is 1.45. The van der Waals surface area contributed by atoms with Gasteiger partial charge in [0.1, 0.15) is 27.7 Å². The molecule has 1 saturated heterocycles. The molecule has 0 saturated carbocycles. The molecule has 2 aliphatic rings. The quantitative estimate of drug-likeness (QED) is 0.201. The molecular weight excluding hydrogens is 558 g/mol. The predicted octanol–water partition coefficient (Wildman–Crippen LogP) is 3.85. The highest BCUT2D eigenvalue weighted by atomic mass is 32.2. The number of nitrogens with one attached hydrogen (secondary N) is 2. The van der Waals surface area contributed by atoms with Crippen molar-refractivity contribution in [3.05, 3.63) is 124 Å². The smallest absolute Gasteiger partial charge is 0.352 e. The van der Waals surface area contributed by atoms with Gasteiger partial charge in [0.05, 0.1) is 6.42 Å². The van der Waals surface area contributed by atoms with Gasteiger partial charge in [0, 0.05) is 5.75 Å². The minimum atomic E-state index is -1.15. The Morgan fingerprint density at radius 3 is 2.00 bits per heavy atom. The first-order chi connectivity index (χ1) is 20.0. The molecule has 11 heteroatoms. The number of hydrogen-bond donors (Lipinski definition) is 3. The number of carbonyl (C=O) groups excluding carboxylic acids is 2. The fourth-order valence-electron chi connectivity index (χ4n) is 5.22. The van der Waals surface area contributed by atoms with Crippen LogP contribution in [0.5, 0.6) is 0 Å². The van der Waals surface area contributed by atoms with E-state index in [1.54, 1.807) is 0 Å². The molecule has 0 spiro atoms. The number of rotatable bonds is 9. The van der Waals surface area contributed by atoms with E-state index in [9.17, 15) is 19.5 Å². The van der Waals surface area contributed by atoms with E-state index in [4.69, 9.17) is 0 Å². The molecule has 0 aliphatic carbocycles. The van der Waals surface area contributed by atoms with Gasteiger partial charge < -0.3 is 15.7 Å². The third-order valence-corrected chi connectivity index (χ3v) is 9.10. The van der Waals surface area contributed by atoms with Gasteiger partial charge in [-0.05, 0) is 22.8 Å². The molecule has 3 heterocycles. The van der Waals surface area contributed by atoms with Gasteiger partial charge in [0.25, 0.3) is 5.91 Å². The van der Waals surface area contributed by atoms with E-state index in [0.29, 0.717) is 15.9 Å². The van der Waals surface area contributed by atoms with E-state index in [1.807, 2.05) is 54.6 Å². The molecule has 41 heavy (non-hydrogen) atoms. The molecule has 0 radical (unpaired) electrons. The van der Waals surface area contributed by atoms with Crippen molar-refractivity contribution in [2.24, 2.45) is 0 Å². The van der Waals surface area contributed by atoms with E-state index in [-0.39, 0.29) is 18.0 Å². The Morgan fingerprint density at radius 2 is 1.46 bits per heavy atom. The van der Waals surface area contributed by atoms with Crippen LogP contribution in [0.3, 0.4) is 0 Å². The molecule has 0 bridgehead atoms. The molecule has 206 valence electrons. The number of nitrogens with zero attached hydrogens (tertiary/aromatic N) is 3. The lowest BCUT2D eigenvalue weighted by Gasteiger charge is -2.48. The molecule has 1 unspecified atom stereocenters. The Morgan fingerprint density at radius 1 is 0.902 bits per heavy atom. The van der Waals surface area contributed by atoms with Crippen molar-refractivity contribution in [3.63, 3.8) is 0 Å². The third-order valence-electron chi connectivity index (χ3n) is 7.08. The van der Waals surface area contributed by atoms with Gasteiger partial charge in [0.15, 0.2) is 0 Å². The maximum Gasteiger partial charge on any atom is 0.352 e. The normalized spacial score (nSPS) is 18.1. The van der Waals surface area contributed by atoms with Crippen LogP contribution in [0.1, 0.15) is 21.7 Å². The first kappa shape index (κ1) is 26.7. The second-order valence-corrected chi connectivity index (χ2v) is 11.7. The summed E-state index contributed by atoms with van der Waals surface area (Å²) in [4.78, 5) is 38.2. The molecule has 9 nitrogen and oxygen atoms in total. The van der Waals surface area contributed by atoms with Gasteiger partial charge in [-0.3, -0.25) is 14.5 Å². The van der Waals surface area contributed by atoms with Crippen molar-refractivity contribution in [1.82, 2.24) is 20.4 Å². The number of carboxylic acid groups (broad SMARTS) is 1. The number of anilines is 1. The van der Waals surface area contributed by atoms with Crippen LogP contribution in [0, 0.1) is 0 Å².